The zero-order valence-electron chi connectivity index (χ0n) is 14.5. The van der Waals surface area contributed by atoms with Gasteiger partial charge in [0.05, 0.1) is 6.04 Å². The molecule has 1 aromatic heterocycles. The van der Waals surface area contributed by atoms with Crippen molar-refractivity contribution in [3.63, 3.8) is 0 Å². The summed E-state index contributed by atoms with van der Waals surface area (Å²) in [6, 6.07) is -0.131. The van der Waals surface area contributed by atoms with Gasteiger partial charge in [0.2, 0.25) is 11.8 Å². The van der Waals surface area contributed by atoms with Gasteiger partial charge in [-0.3, -0.25) is 9.59 Å². The summed E-state index contributed by atoms with van der Waals surface area (Å²) >= 11 is 0. The number of hydrogen-bond donors (Lipinski definition) is 1. The first kappa shape index (κ1) is 15.3. The Morgan fingerprint density at radius 2 is 1.92 bits per heavy atom. The van der Waals surface area contributed by atoms with E-state index in [-0.39, 0.29) is 29.2 Å². The van der Waals surface area contributed by atoms with E-state index in [1.807, 2.05) is 9.58 Å². The van der Waals surface area contributed by atoms with Gasteiger partial charge in [-0.15, -0.1) is 0 Å². The topological polar surface area (TPSA) is 80.1 Å². The second-order valence-corrected chi connectivity index (χ2v) is 8.31. The molecule has 5 rings (SSSR count). The molecule has 2 atom stereocenters. The van der Waals surface area contributed by atoms with Gasteiger partial charge in [0.1, 0.15) is 12.2 Å². The molecular formula is C18H25N5O2. The lowest BCUT2D eigenvalue weighted by Gasteiger charge is -2.41. The Labute approximate surface area is 147 Å². The zero-order chi connectivity index (χ0) is 17.0. The third-order valence-corrected chi connectivity index (χ3v) is 6.72. The second-order valence-electron chi connectivity index (χ2n) is 8.31. The maximum Gasteiger partial charge on any atom is 0.225 e. The molecule has 4 aliphatic rings. The van der Waals surface area contributed by atoms with Gasteiger partial charge in [0.25, 0.3) is 0 Å². The number of rotatable bonds is 3. The van der Waals surface area contributed by atoms with Crippen molar-refractivity contribution in [2.75, 3.05) is 13.1 Å². The van der Waals surface area contributed by atoms with Crippen LogP contribution in [0.1, 0.15) is 56.8 Å². The molecule has 134 valence electrons. The summed E-state index contributed by atoms with van der Waals surface area (Å²) in [4.78, 5) is 31.7. The van der Waals surface area contributed by atoms with Gasteiger partial charge in [-0.1, -0.05) is 6.42 Å². The van der Waals surface area contributed by atoms with Gasteiger partial charge in [0, 0.05) is 36.9 Å². The molecule has 0 bridgehead atoms. The fourth-order valence-corrected chi connectivity index (χ4v) is 4.68. The third-order valence-electron chi connectivity index (χ3n) is 6.72. The summed E-state index contributed by atoms with van der Waals surface area (Å²) in [6.07, 6.45) is 8.67. The minimum atomic E-state index is -0.131. The van der Waals surface area contributed by atoms with Crippen molar-refractivity contribution in [3.05, 3.63) is 12.2 Å². The average Bonchev–Trinajstić information content (AvgIpc) is 3.14. The molecule has 1 spiro atoms. The number of aryl methyl sites for hydroxylation is 1. The monoisotopic (exact) mass is 343 g/mol. The fourth-order valence-electron chi connectivity index (χ4n) is 4.68. The number of carbonyl (C=O) groups excluding carboxylic acids is 2. The fraction of sp³-hybridized carbons (Fsp3) is 0.778. The second kappa shape index (κ2) is 5.54. The summed E-state index contributed by atoms with van der Waals surface area (Å²) in [5.41, 5.74) is -0.0903. The van der Waals surface area contributed by atoms with Gasteiger partial charge >= 0.3 is 0 Å². The van der Waals surface area contributed by atoms with E-state index < -0.39 is 0 Å². The number of nitrogens with zero attached hydrogens (tertiary/aromatic N) is 4. The molecule has 3 heterocycles. The van der Waals surface area contributed by atoms with Crippen molar-refractivity contribution >= 4 is 11.8 Å². The lowest BCUT2D eigenvalue weighted by Crippen LogP contribution is -2.50. The number of fused-ring (bicyclic) bond motifs is 1. The van der Waals surface area contributed by atoms with Crippen LogP contribution in [0.3, 0.4) is 0 Å². The Bertz CT molecular complexity index is 708. The van der Waals surface area contributed by atoms with Crippen LogP contribution in [0.15, 0.2) is 6.33 Å². The van der Waals surface area contributed by atoms with Gasteiger partial charge in [0.15, 0.2) is 0 Å². The first-order valence-electron chi connectivity index (χ1n) is 9.63. The lowest BCUT2D eigenvalue weighted by atomic mass is 9.73. The summed E-state index contributed by atoms with van der Waals surface area (Å²) in [5.74, 6) is 1.73. The third kappa shape index (κ3) is 2.47. The van der Waals surface area contributed by atoms with E-state index in [9.17, 15) is 9.59 Å². The molecule has 1 saturated heterocycles. The maximum absolute atomic E-state index is 12.6. The summed E-state index contributed by atoms with van der Waals surface area (Å²) in [6.45, 7) is 2.36. The summed E-state index contributed by atoms with van der Waals surface area (Å²) < 4.78 is 1.92. The van der Waals surface area contributed by atoms with Gasteiger partial charge in [-0.2, -0.15) is 5.10 Å². The first-order valence-corrected chi connectivity index (χ1v) is 9.63. The molecule has 2 saturated carbocycles. The predicted molar refractivity (Wildman–Crippen MR) is 89.2 cm³/mol. The van der Waals surface area contributed by atoms with Crippen molar-refractivity contribution in [1.29, 1.82) is 0 Å². The molecule has 1 aromatic rings. The Balaban J connectivity index is 1.41. The highest BCUT2D eigenvalue weighted by atomic mass is 16.2. The molecule has 2 aliphatic carbocycles. The van der Waals surface area contributed by atoms with Crippen LogP contribution in [-0.2, 0) is 16.1 Å². The molecule has 7 heteroatoms. The van der Waals surface area contributed by atoms with E-state index in [1.165, 1.54) is 0 Å². The molecule has 2 amide bonds. The molecule has 0 aromatic carbocycles. The number of amides is 2. The normalized spacial score (nSPS) is 31.7. The number of likely N-dealkylation sites (tertiary alicyclic amines) is 1. The van der Waals surface area contributed by atoms with Crippen LogP contribution in [-0.4, -0.2) is 44.6 Å². The molecular weight excluding hydrogens is 318 g/mol. The smallest absolute Gasteiger partial charge is 0.225 e. The quantitative estimate of drug-likeness (QED) is 0.896. The maximum atomic E-state index is 12.6. The number of carbonyl (C=O) groups is 2. The van der Waals surface area contributed by atoms with E-state index >= 15 is 0 Å². The van der Waals surface area contributed by atoms with E-state index in [1.54, 1.807) is 6.33 Å². The highest BCUT2D eigenvalue weighted by Gasteiger charge is 2.52. The summed E-state index contributed by atoms with van der Waals surface area (Å²) in [5, 5.41) is 7.61. The van der Waals surface area contributed by atoms with Crippen LogP contribution < -0.4 is 5.32 Å². The summed E-state index contributed by atoms with van der Waals surface area (Å²) in [7, 11) is 0. The molecule has 0 unspecified atom stereocenters. The van der Waals surface area contributed by atoms with Crippen LogP contribution in [0.25, 0.3) is 0 Å². The van der Waals surface area contributed by atoms with Gasteiger partial charge in [-0.05, 0) is 38.5 Å². The lowest BCUT2D eigenvalue weighted by molar-refractivity contribution is -0.132. The molecule has 1 N–H and O–H groups in total. The van der Waals surface area contributed by atoms with Crippen molar-refractivity contribution < 1.29 is 9.59 Å². The largest absolute Gasteiger partial charge is 0.345 e. The molecule has 25 heavy (non-hydrogen) atoms. The molecule has 2 aliphatic heterocycles. The minimum Gasteiger partial charge on any atom is -0.345 e. The van der Waals surface area contributed by atoms with Gasteiger partial charge < -0.3 is 10.2 Å². The van der Waals surface area contributed by atoms with Crippen LogP contribution in [0.2, 0.25) is 0 Å². The van der Waals surface area contributed by atoms with Gasteiger partial charge in [-0.25, -0.2) is 9.67 Å². The van der Waals surface area contributed by atoms with Crippen molar-refractivity contribution in [1.82, 2.24) is 25.0 Å². The molecule has 3 fully saturated rings. The predicted octanol–water partition coefficient (Wildman–Crippen LogP) is 1.27. The minimum absolute atomic E-state index is 0.0903. The average molecular weight is 343 g/mol. The Morgan fingerprint density at radius 1 is 1.12 bits per heavy atom. The zero-order valence-corrected chi connectivity index (χ0v) is 14.5. The van der Waals surface area contributed by atoms with Crippen molar-refractivity contribution in [2.24, 2.45) is 17.3 Å². The van der Waals surface area contributed by atoms with E-state index in [4.69, 9.17) is 0 Å². The Hall–Kier alpha value is -1.92. The van der Waals surface area contributed by atoms with Crippen LogP contribution in [0.5, 0.6) is 0 Å². The molecule has 7 nitrogen and oxygen atoms in total. The first-order chi connectivity index (χ1) is 12.2. The standard InChI is InChI=1S/C18H25N5O2/c24-16(12-2-1-3-12)21-14-15-19-11-20-23(15)9-7-18(14)6-8-22(10-18)17(25)13-4-5-13/h11-14H,1-10H2,(H,21,24)/t14-,18+/m1/s1. The Morgan fingerprint density at radius 3 is 2.64 bits per heavy atom. The van der Waals surface area contributed by atoms with Crippen LogP contribution in [0, 0.1) is 17.3 Å². The number of hydrogen-bond acceptors (Lipinski definition) is 4. The highest BCUT2D eigenvalue weighted by molar-refractivity contribution is 5.82. The van der Waals surface area contributed by atoms with Crippen molar-refractivity contribution in [2.45, 2.75) is 57.5 Å². The highest BCUT2D eigenvalue weighted by Crippen LogP contribution is 2.48. The van der Waals surface area contributed by atoms with Crippen LogP contribution in [0.4, 0.5) is 0 Å². The Kier molecular flexibility index (Phi) is 3.40. The van der Waals surface area contributed by atoms with Crippen LogP contribution >= 0.6 is 0 Å². The number of nitrogens with one attached hydrogen (secondary N) is 1. The van der Waals surface area contributed by atoms with E-state index in [2.05, 4.69) is 15.4 Å². The van der Waals surface area contributed by atoms with E-state index in [0.29, 0.717) is 5.91 Å². The molecule has 0 radical (unpaired) electrons. The van der Waals surface area contributed by atoms with E-state index in [0.717, 1.165) is 70.4 Å². The number of aromatic nitrogens is 3. The SMILES string of the molecule is O=C(N[C@@H]1c2ncnn2CC[C@]12CCN(C(=O)C1CC1)C2)C1CCC1. The van der Waals surface area contributed by atoms with Crippen molar-refractivity contribution in [3.8, 4) is 0 Å².